The number of benzene rings is 3. The van der Waals surface area contributed by atoms with Crippen molar-refractivity contribution in [1.29, 1.82) is 0 Å². The van der Waals surface area contributed by atoms with Gasteiger partial charge in [-0.15, -0.1) is 0 Å². The van der Waals surface area contributed by atoms with E-state index < -0.39 is 5.69 Å². The molecule has 0 amide bonds. The van der Waals surface area contributed by atoms with Crippen LogP contribution in [0.15, 0.2) is 100 Å². The van der Waals surface area contributed by atoms with Crippen molar-refractivity contribution in [2.75, 3.05) is 0 Å². The molecule has 0 unspecified atom stereocenters. The predicted molar refractivity (Wildman–Crippen MR) is 108 cm³/mol. The second-order valence-electron chi connectivity index (χ2n) is 6.33. The van der Waals surface area contributed by atoms with Crippen LogP contribution in [0.1, 0.15) is 0 Å². The van der Waals surface area contributed by atoms with Crippen molar-refractivity contribution in [3.8, 4) is 34.0 Å². The van der Waals surface area contributed by atoms with Crippen LogP contribution in [-0.2, 0) is 0 Å². The van der Waals surface area contributed by atoms with E-state index in [-0.39, 0.29) is 5.84 Å². The van der Waals surface area contributed by atoms with E-state index in [1.54, 1.807) is 0 Å². The van der Waals surface area contributed by atoms with Gasteiger partial charge in [-0.3, -0.25) is 0 Å². The van der Waals surface area contributed by atoms with E-state index in [1.165, 1.54) is 4.40 Å². The van der Waals surface area contributed by atoms with Crippen LogP contribution < -0.4 is 5.69 Å². The highest BCUT2D eigenvalue weighted by Gasteiger charge is 2.21. The summed E-state index contributed by atoms with van der Waals surface area (Å²) in [7, 11) is 0. The zero-order valence-electron chi connectivity index (χ0n) is 14.8. The highest BCUT2D eigenvalue weighted by molar-refractivity contribution is 5.79. The van der Waals surface area contributed by atoms with E-state index in [9.17, 15) is 4.79 Å². The normalized spacial score (nSPS) is 11.0. The quantitative estimate of drug-likeness (QED) is 0.466. The summed E-state index contributed by atoms with van der Waals surface area (Å²) in [5, 5.41) is 0. The average molecular weight is 365 g/mol. The van der Waals surface area contributed by atoms with Gasteiger partial charge in [0.05, 0.1) is 0 Å². The van der Waals surface area contributed by atoms with Crippen LogP contribution in [0, 0.1) is 0 Å². The molecule has 0 saturated heterocycles. The highest BCUT2D eigenvalue weighted by atomic mass is 16.4. The molecule has 0 radical (unpaired) electrons. The summed E-state index contributed by atoms with van der Waals surface area (Å²) in [6.45, 7) is 0. The summed E-state index contributed by atoms with van der Waals surface area (Å²) < 4.78 is 7.53. The molecule has 0 bridgehead atoms. The lowest BCUT2D eigenvalue weighted by Gasteiger charge is -2.03. The Morgan fingerprint density at radius 1 is 0.643 bits per heavy atom. The topological polar surface area (TPSA) is 60.4 Å². The minimum absolute atomic E-state index is 0.219. The van der Waals surface area contributed by atoms with E-state index >= 15 is 0 Å². The largest absolute Gasteiger partial charge is 0.422 e. The van der Waals surface area contributed by atoms with Gasteiger partial charge in [0.15, 0.2) is 11.6 Å². The third-order valence-electron chi connectivity index (χ3n) is 4.53. The van der Waals surface area contributed by atoms with E-state index in [4.69, 9.17) is 4.42 Å². The van der Waals surface area contributed by atoms with Gasteiger partial charge in [0.1, 0.15) is 5.69 Å². The maximum Gasteiger partial charge on any atom is 0.358 e. The van der Waals surface area contributed by atoms with Crippen LogP contribution in [0.25, 0.3) is 39.8 Å². The molecule has 0 spiro atoms. The number of aromatic nitrogens is 3. The molecular formula is C23H15N3O2. The van der Waals surface area contributed by atoms with E-state index in [0.29, 0.717) is 17.3 Å². The molecule has 5 aromatic rings. The minimum atomic E-state index is -0.423. The fraction of sp³-hybridized carbons (Fsp3) is 0. The first-order valence-corrected chi connectivity index (χ1v) is 8.91. The van der Waals surface area contributed by atoms with Crippen LogP contribution in [0.5, 0.6) is 0 Å². The predicted octanol–water partition coefficient (Wildman–Crippen LogP) is 4.68. The molecule has 0 N–H and O–H groups in total. The average Bonchev–Trinajstić information content (AvgIpc) is 3.16. The maximum absolute atomic E-state index is 13.0. The van der Waals surface area contributed by atoms with Crippen molar-refractivity contribution in [3.05, 3.63) is 101 Å². The minimum Gasteiger partial charge on any atom is -0.422 e. The lowest BCUT2D eigenvalue weighted by Crippen LogP contribution is -2.19. The second kappa shape index (κ2) is 6.63. The fourth-order valence-corrected chi connectivity index (χ4v) is 3.25. The van der Waals surface area contributed by atoms with Gasteiger partial charge in [-0.25, -0.2) is 9.20 Å². The zero-order chi connectivity index (χ0) is 18.9. The zero-order valence-corrected chi connectivity index (χ0v) is 14.8. The number of hydrogen-bond donors (Lipinski definition) is 0. The highest BCUT2D eigenvalue weighted by Crippen LogP contribution is 2.34. The summed E-state index contributed by atoms with van der Waals surface area (Å²) in [6, 6.07) is 28.7. The second-order valence-corrected chi connectivity index (χ2v) is 6.33. The first-order valence-electron chi connectivity index (χ1n) is 8.91. The van der Waals surface area contributed by atoms with Crippen molar-refractivity contribution in [3.63, 3.8) is 0 Å². The first-order chi connectivity index (χ1) is 13.8. The van der Waals surface area contributed by atoms with Crippen molar-refractivity contribution < 1.29 is 4.42 Å². The molecule has 2 aromatic heterocycles. The molecule has 5 heteroatoms. The van der Waals surface area contributed by atoms with Gasteiger partial charge in [0.2, 0.25) is 0 Å². The Morgan fingerprint density at radius 2 is 1.18 bits per heavy atom. The first kappa shape index (κ1) is 16.2. The summed E-state index contributed by atoms with van der Waals surface area (Å²) >= 11 is 0. The van der Waals surface area contributed by atoms with Gasteiger partial charge in [-0.05, 0) is 0 Å². The molecular weight excluding hydrogens is 350 g/mol. The van der Waals surface area contributed by atoms with Crippen LogP contribution >= 0.6 is 0 Å². The van der Waals surface area contributed by atoms with E-state index in [0.717, 1.165) is 16.7 Å². The lowest BCUT2D eigenvalue weighted by atomic mass is 10.1. The monoisotopic (exact) mass is 365 g/mol. The fourth-order valence-electron chi connectivity index (χ4n) is 3.25. The summed E-state index contributed by atoms with van der Waals surface area (Å²) in [6.07, 6.45) is 0. The Kier molecular flexibility index (Phi) is 3.84. The van der Waals surface area contributed by atoms with Gasteiger partial charge in [0, 0.05) is 16.7 Å². The van der Waals surface area contributed by atoms with Gasteiger partial charge in [0.25, 0.3) is 0 Å². The van der Waals surface area contributed by atoms with Crippen LogP contribution in [0.3, 0.4) is 0 Å². The maximum atomic E-state index is 13.0. The van der Waals surface area contributed by atoms with Crippen LogP contribution in [-0.4, -0.2) is 14.4 Å². The van der Waals surface area contributed by atoms with E-state index in [1.807, 2.05) is 91.0 Å². The lowest BCUT2D eigenvalue weighted by molar-refractivity contribution is 0.602. The van der Waals surface area contributed by atoms with Crippen molar-refractivity contribution >= 4 is 5.84 Å². The molecule has 0 saturated carbocycles. The van der Waals surface area contributed by atoms with Gasteiger partial charge in [-0.2, -0.15) is 9.97 Å². The molecule has 5 nitrogen and oxygen atoms in total. The molecule has 2 heterocycles. The van der Waals surface area contributed by atoms with Crippen molar-refractivity contribution in [2.45, 2.75) is 0 Å². The molecule has 28 heavy (non-hydrogen) atoms. The summed E-state index contributed by atoms with van der Waals surface area (Å²) in [4.78, 5) is 21.7. The molecule has 0 aliphatic rings. The van der Waals surface area contributed by atoms with E-state index in [2.05, 4.69) is 9.97 Å². The van der Waals surface area contributed by atoms with Gasteiger partial charge >= 0.3 is 11.5 Å². The third kappa shape index (κ3) is 2.70. The molecule has 0 atom stereocenters. The number of fused-ring (bicyclic) bond motifs is 1. The van der Waals surface area contributed by atoms with Crippen LogP contribution in [0.2, 0.25) is 0 Å². The third-order valence-corrected chi connectivity index (χ3v) is 4.53. The summed E-state index contributed by atoms with van der Waals surface area (Å²) in [5.41, 5.74) is 2.71. The summed E-state index contributed by atoms with van der Waals surface area (Å²) in [5.74, 6) is 1.15. The number of nitrogens with zero attached hydrogens (tertiary/aromatic N) is 3. The van der Waals surface area contributed by atoms with Crippen molar-refractivity contribution in [2.24, 2.45) is 0 Å². The Labute approximate surface area is 160 Å². The number of hydrogen-bond acceptors (Lipinski definition) is 4. The SMILES string of the molecule is O=c1nc(-c2ccccc2)nc2oc(-c3ccccc3)c(-c3ccccc3)n12. The van der Waals surface area contributed by atoms with Gasteiger partial charge in [-0.1, -0.05) is 91.0 Å². The molecule has 0 aliphatic heterocycles. The molecule has 0 aliphatic carbocycles. The molecule has 5 rings (SSSR count). The number of rotatable bonds is 3. The Balaban J connectivity index is 1.84. The van der Waals surface area contributed by atoms with Crippen molar-refractivity contribution in [1.82, 2.24) is 14.4 Å². The Hall–Kier alpha value is -3.99. The molecule has 134 valence electrons. The number of oxazole rings is 1. The van der Waals surface area contributed by atoms with Crippen LogP contribution in [0.4, 0.5) is 0 Å². The standard InChI is InChI=1S/C23H15N3O2/c27-22-24-21(18-14-8-3-9-15-18)25-23-26(22)19(16-10-4-1-5-11-16)20(28-23)17-12-6-2-7-13-17/h1-15H. The molecule has 3 aromatic carbocycles. The van der Waals surface area contributed by atoms with Gasteiger partial charge < -0.3 is 4.42 Å². The Morgan fingerprint density at radius 3 is 1.79 bits per heavy atom. The Bertz CT molecular complexity index is 1310. The molecule has 0 fully saturated rings. The smallest absolute Gasteiger partial charge is 0.358 e.